The van der Waals surface area contributed by atoms with E-state index < -0.39 is 0 Å². The molecular weight excluding hydrogens is 424 g/mol. The van der Waals surface area contributed by atoms with Crippen LogP contribution < -0.4 is 0 Å². The maximum absolute atomic E-state index is 4.87. The molecule has 34 heavy (non-hydrogen) atoms. The van der Waals surface area contributed by atoms with Gasteiger partial charge in [0.15, 0.2) is 5.82 Å². The molecule has 0 saturated heterocycles. The fourth-order valence-corrected chi connectivity index (χ4v) is 4.21. The molecule has 0 saturated carbocycles. The van der Waals surface area contributed by atoms with E-state index in [-0.39, 0.29) is 0 Å². The molecule has 0 aliphatic heterocycles. The van der Waals surface area contributed by atoms with Gasteiger partial charge in [0.1, 0.15) is 16.9 Å². The van der Waals surface area contributed by atoms with Crippen molar-refractivity contribution in [1.29, 1.82) is 0 Å². The number of pyridine rings is 3. The van der Waals surface area contributed by atoms with E-state index in [1.54, 1.807) is 12.4 Å². The number of hydrogen-bond acceptors (Lipinski definition) is 6. The van der Waals surface area contributed by atoms with Crippen LogP contribution in [0.4, 0.5) is 0 Å². The largest absolute Gasteiger partial charge is 0.336 e. The molecule has 0 amide bonds. The molecule has 8 nitrogen and oxygen atoms in total. The van der Waals surface area contributed by atoms with E-state index in [1.165, 1.54) is 5.56 Å². The summed E-state index contributed by atoms with van der Waals surface area (Å²) >= 11 is 0. The number of H-pyrrole nitrogens is 2. The van der Waals surface area contributed by atoms with E-state index in [2.05, 4.69) is 67.3 Å². The summed E-state index contributed by atoms with van der Waals surface area (Å²) in [7, 11) is 4.11. The number of nitrogens with one attached hydrogen (secondary N) is 2. The van der Waals surface area contributed by atoms with Gasteiger partial charge in [-0.2, -0.15) is 5.10 Å². The minimum absolute atomic E-state index is 0.683. The number of rotatable bonds is 5. The summed E-state index contributed by atoms with van der Waals surface area (Å²) in [6.45, 7) is 0.839. The summed E-state index contributed by atoms with van der Waals surface area (Å²) in [6.07, 6.45) is 7.33. The van der Waals surface area contributed by atoms with Crippen LogP contribution in [-0.4, -0.2) is 54.1 Å². The van der Waals surface area contributed by atoms with E-state index in [4.69, 9.17) is 4.98 Å². The average Bonchev–Trinajstić information content (AvgIpc) is 3.48. The Hall–Kier alpha value is -4.43. The van der Waals surface area contributed by atoms with Crippen LogP contribution >= 0.6 is 0 Å². The van der Waals surface area contributed by atoms with Crippen LogP contribution in [0.25, 0.3) is 56.0 Å². The van der Waals surface area contributed by atoms with Gasteiger partial charge in [0.05, 0.1) is 16.7 Å². The number of hydrogen-bond donors (Lipinski definition) is 2. The molecule has 1 aromatic carbocycles. The van der Waals surface area contributed by atoms with E-state index in [0.717, 1.165) is 56.7 Å². The molecule has 6 aromatic rings. The molecule has 6 rings (SSSR count). The fourth-order valence-electron chi connectivity index (χ4n) is 4.21. The minimum atomic E-state index is 0.683. The Bertz CT molecular complexity index is 1610. The molecule has 166 valence electrons. The van der Waals surface area contributed by atoms with Gasteiger partial charge in [-0.05, 0) is 61.6 Å². The van der Waals surface area contributed by atoms with Gasteiger partial charge in [-0.3, -0.25) is 20.1 Å². The highest BCUT2D eigenvalue weighted by atomic mass is 15.1. The van der Waals surface area contributed by atoms with Crippen LogP contribution in [0.2, 0.25) is 0 Å². The van der Waals surface area contributed by atoms with Crippen LogP contribution in [0.1, 0.15) is 5.56 Å². The SMILES string of the molecule is CN(C)Cc1cncc(-c2ccc3[nH]nc(-c4nc5c(-c6ccccn6)nccc5[nH]4)c3c2)c1. The molecule has 0 spiro atoms. The lowest BCUT2D eigenvalue weighted by molar-refractivity contribution is 0.402. The van der Waals surface area contributed by atoms with Crippen molar-refractivity contribution in [3.05, 3.63) is 78.9 Å². The monoisotopic (exact) mass is 446 g/mol. The molecule has 0 radical (unpaired) electrons. The van der Waals surface area contributed by atoms with Crippen molar-refractivity contribution in [3.8, 4) is 34.0 Å². The highest BCUT2D eigenvalue weighted by Gasteiger charge is 2.17. The van der Waals surface area contributed by atoms with Crippen molar-refractivity contribution in [3.63, 3.8) is 0 Å². The van der Waals surface area contributed by atoms with Crippen molar-refractivity contribution >= 4 is 21.9 Å². The Labute approximate surface area is 195 Å². The first-order chi connectivity index (χ1) is 16.7. The quantitative estimate of drug-likeness (QED) is 0.399. The van der Waals surface area contributed by atoms with Gasteiger partial charge in [0.2, 0.25) is 0 Å². The predicted octanol–water partition coefficient (Wildman–Crippen LogP) is 4.69. The molecule has 0 unspecified atom stereocenters. The predicted molar refractivity (Wildman–Crippen MR) is 133 cm³/mol. The topological polar surface area (TPSA) is 99.3 Å². The van der Waals surface area contributed by atoms with Crippen LogP contribution in [0, 0.1) is 0 Å². The number of benzene rings is 1. The smallest absolute Gasteiger partial charge is 0.159 e. The van der Waals surface area contributed by atoms with Crippen molar-refractivity contribution in [2.45, 2.75) is 6.54 Å². The van der Waals surface area contributed by atoms with Gasteiger partial charge in [-0.25, -0.2) is 4.98 Å². The highest BCUT2D eigenvalue weighted by Crippen LogP contribution is 2.32. The average molecular weight is 447 g/mol. The molecule has 2 N–H and O–H groups in total. The highest BCUT2D eigenvalue weighted by molar-refractivity contribution is 5.97. The molecule has 0 aliphatic carbocycles. The number of fused-ring (bicyclic) bond motifs is 2. The molecule has 0 aliphatic rings. The number of nitrogens with zero attached hydrogens (tertiary/aromatic N) is 6. The van der Waals surface area contributed by atoms with Crippen molar-refractivity contribution in [2.75, 3.05) is 14.1 Å². The van der Waals surface area contributed by atoms with Gasteiger partial charge in [0, 0.05) is 42.3 Å². The van der Waals surface area contributed by atoms with Crippen LogP contribution in [-0.2, 0) is 6.54 Å². The summed E-state index contributed by atoms with van der Waals surface area (Å²) in [5, 5.41) is 8.70. The summed E-state index contributed by atoms with van der Waals surface area (Å²) < 4.78 is 0. The number of aromatic nitrogens is 7. The third-order valence-corrected chi connectivity index (χ3v) is 5.72. The second-order valence-corrected chi connectivity index (χ2v) is 8.51. The summed E-state index contributed by atoms with van der Waals surface area (Å²) in [4.78, 5) is 23.8. The number of imidazole rings is 1. The minimum Gasteiger partial charge on any atom is -0.336 e. The standard InChI is InChI=1S/C26H22N8/c1-34(2)15-16-11-18(14-27-13-16)17-6-7-20-19(12-17)23(33-32-20)26-30-22-8-10-29-24(25(22)31-26)21-5-3-4-9-28-21/h3-14H,15H2,1-2H3,(H,30,31)(H,32,33). The van der Waals surface area contributed by atoms with Crippen molar-refractivity contribution in [1.82, 2.24) is 40.0 Å². The summed E-state index contributed by atoms with van der Waals surface area (Å²) in [5.74, 6) is 0.683. The zero-order chi connectivity index (χ0) is 23.1. The fraction of sp³-hybridized carbons (Fsp3) is 0.115. The first-order valence-corrected chi connectivity index (χ1v) is 11.0. The lowest BCUT2D eigenvalue weighted by Gasteiger charge is -2.10. The van der Waals surface area contributed by atoms with Crippen LogP contribution in [0.3, 0.4) is 0 Å². The molecule has 0 fully saturated rings. The normalized spacial score (nSPS) is 11.6. The molecule has 0 atom stereocenters. The number of aromatic amines is 2. The first-order valence-electron chi connectivity index (χ1n) is 11.0. The lowest BCUT2D eigenvalue weighted by atomic mass is 10.0. The first kappa shape index (κ1) is 20.2. The van der Waals surface area contributed by atoms with E-state index in [1.807, 2.05) is 42.7 Å². The Morgan fingerprint density at radius 3 is 2.65 bits per heavy atom. The second kappa shape index (κ2) is 8.17. The third kappa shape index (κ3) is 3.60. The maximum Gasteiger partial charge on any atom is 0.159 e. The zero-order valence-electron chi connectivity index (χ0n) is 18.8. The van der Waals surface area contributed by atoms with Gasteiger partial charge in [-0.15, -0.1) is 0 Å². The lowest BCUT2D eigenvalue weighted by Crippen LogP contribution is -2.10. The summed E-state index contributed by atoms with van der Waals surface area (Å²) in [5.41, 5.74) is 8.20. The summed E-state index contributed by atoms with van der Waals surface area (Å²) in [6, 6.07) is 16.1. The van der Waals surface area contributed by atoms with Crippen molar-refractivity contribution < 1.29 is 0 Å². The molecule has 0 bridgehead atoms. The van der Waals surface area contributed by atoms with Crippen LogP contribution in [0.5, 0.6) is 0 Å². The van der Waals surface area contributed by atoms with Gasteiger partial charge >= 0.3 is 0 Å². The van der Waals surface area contributed by atoms with E-state index in [0.29, 0.717) is 5.82 Å². The Kier molecular flexibility index (Phi) is 4.85. The molecule has 5 heterocycles. The Morgan fingerprint density at radius 1 is 0.853 bits per heavy atom. The maximum atomic E-state index is 4.87. The van der Waals surface area contributed by atoms with Crippen molar-refractivity contribution in [2.24, 2.45) is 0 Å². The Balaban J connectivity index is 1.45. The van der Waals surface area contributed by atoms with Crippen LogP contribution in [0.15, 0.2) is 73.3 Å². The van der Waals surface area contributed by atoms with Gasteiger partial charge < -0.3 is 9.88 Å². The van der Waals surface area contributed by atoms with E-state index in [9.17, 15) is 0 Å². The molecule has 8 heteroatoms. The molecular formula is C26H22N8. The van der Waals surface area contributed by atoms with Gasteiger partial charge in [-0.1, -0.05) is 12.1 Å². The van der Waals surface area contributed by atoms with E-state index >= 15 is 0 Å². The van der Waals surface area contributed by atoms with Gasteiger partial charge in [0.25, 0.3) is 0 Å². The Morgan fingerprint density at radius 2 is 1.79 bits per heavy atom. The second-order valence-electron chi connectivity index (χ2n) is 8.51. The third-order valence-electron chi connectivity index (χ3n) is 5.72. The zero-order valence-corrected chi connectivity index (χ0v) is 18.8. The molecule has 5 aromatic heterocycles.